The predicted octanol–water partition coefficient (Wildman–Crippen LogP) is 4.39. The third-order valence-corrected chi connectivity index (χ3v) is 3.80. The molecule has 0 aromatic heterocycles. The van der Waals surface area contributed by atoms with Gasteiger partial charge < -0.3 is 10.1 Å². The van der Waals surface area contributed by atoms with Crippen LogP contribution in [0.15, 0.2) is 36.4 Å². The number of amides is 1. The Kier molecular flexibility index (Phi) is 4.24. The minimum atomic E-state index is -0.228. The molecule has 1 N–H and O–H groups in total. The van der Waals surface area contributed by atoms with Crippen molar-refractivity contribution in [2.75, 3.05) is 11.9 Å². The molecule has 0 saturated carbocycles. The monoisotopic (exact) mass is 344 g/mol. The third kappa shape index (κ3) is 3.16. The quantitative estimate of drug-likeness (QED) is 0.840. The Morgan fingerprint density at radius 1 is 1.17 bits per heavy atom. The molecule has 6 heteroatoms. The zero-order valence-corrected chi connectivity index (χ0v) is 13.3. The van der Waals surface area contributed by atoms with Crippen molar-refractivity contribution < 1.29 is 9.53 Å². The van der Waals surface area contributed by atoms with E-state index in [-0.39, 0.29) is 12.5 Å². The molecule has 0 radical (unpaired) electrons. The number of carbonyl (C=O) groups excluding carboxylic acids is 1. The first kappa shape index (κ1) is 15.4. The van der Waals surface area contributed by atoms with Gasteiger partial charge in [0.25, 0.3) is 5.91 Å². The van der Waals surface area contributed by atoms with Gasteiger partial charge in [0.1, 0.15) is 11.8 Å². The van der Waals surface area contributed by atoms with E-state index in [1.165, 1.54) is 0 Å². The highest BCUT2D eigenvalue weighted by Crippen LogP contribution is 2.36. The van der Waals surface area contributed by atoms with Crippen LogP contribution in [0.2, 0.25) is 10.0 Å². The summed E-state index contributed by atoms with van der Waals surface area (Å²) in [6.07, 6.45) is 1.69. The predicted molar refractivity (Wildman–Crippen MR) is 90.5 cm³/mol. The van der Waals surface area contributed by atoms with Gasteiger partial charge in [0.05, 0.1) is 5.69 Å². The Morgan fingerprint density at radius 3 is 2.70 bits per heavy atom. The van der Waals surface area contributed by atoms with Crippen molar-refractivity contribution in [2.24, 2.45) is 0 Å². The maximum absolute atomic E-state index is 12.2. The molecule has 0 unspecified atom stereocenters. The topological polar surface area (TPSA) is 62.1 Å². The van der Waals surface area contributed by atoms with E-state index in [1.807, 2.05) is 6.07 Å². The van der Waals surface area contributed by atoms with E-state index in [0.29, 0.717) is 32.6 Å². The van der Waals surface area contributed by atoms with E-state index < -0.39 is 0 Å². The van der Waals surface area contributed by atoms with Crippen LogP contribution in [0.5, 0.6) is 5.75 Å². The number of benzene rings is 2. The number of nitrogens with one attached hydrogen (secondary N) is 1. The van der Waals surface area contributed by atoms with Gasteiger partial charge in [0, 0.05) is 26.7 Å². The van der Waals surface area contributed by atoms with Gasteiger partial charge in [-0.15, -0.1) is 0 Å². The molecule has 2 aromatic carbocycles. The van der Waals surface area contributed by atoms with Crippen LogP contribution in [0.25, 0.3) is 11.6 Å². The van der Waals surface area contributed by atoms with Crippen LogP contribution >= 0.6 is 23.2 Å². The Bertz CT molecular complexity index is 869. The van der Waals surface area contributed by atoms with E-state index in [0.717, 1.165) is 5.56 Å². The number of halogens is 2. The van der Waals surface area contributed by atoms with Crippen LogP contribution in [0.3, 0.4) is 0 Å². The van der Waals surface area contributed by atoms with Gasteiger partial charge in [0.2, 0.25) is 0 Å². The van der Waals surface area contributed by atoms with E-state index in [9.17, 15) is 4.79 Å². The summed E-state index contributed by atoms with van der Waals surface area (Å²) in [6.45, 7) is -0.0871. The molecule has 3 rings (SSSR count). The van der Waals surface area contributed by atoms with Crippen molar-refractivity contribution in [1.82, 2.24) is 0 Å². The number of nitrogens with zero attached hydrogens (tertiary/aromatic N) is 1. The number of anilines is 1. The molecule has 2 aromatic rings. The Hall–Kier alpha value is -2.48. The highest BCUT2D eigenvalue weighted by Gasteiger charge is 2.24. The second-order valence-electron chi connectivity index (χ2n) is 4.83. The van der Waals surface area contributed by atoms with Crippen LogP contribution in [0.1, 0.15) is 11.1 Å². The normalized spacial score (nSPS) is 14.3. The van der Waals surface area contributed by atoms with Crippen LogP contribution in [-0.4, -0.2) is 12.5 Å². The minimum absolute atomic E-state index is 0.0871. The van der Waals surface area contributed by atoms with Crippen molar-refractivity contribution in [3.05, 3.63) is 57.6 Å². The molecule has 1 aliphatic rings. The molecule has 0 saturated heterocycles. The number of hydrogen-bond acceptors (Lipinski definition) is 3. The van der Waals surface area contributed by atoms with E-state index in [4.69, 9.17) is 33.2 Å². The first-order chi connectivity index (χ1) is 11.1. The average molecular weight is 345 g/mol. The Labute approximate surface area is 142 Å². The summed E-state index contributed by atoms with van der Waals surface area (Å²) < 4.78 is 5.38. The lowest BCUT2D eigenvalue weighted by molar-refractivity contribution is -0.110. The van der Waals surface area contributed by atoms with E-state index in [1.54, 1.807) is 42.5 Å². The van der Waals surface area contributed by atoms with Gasteiger partial charge in [-0.2, -0.15) is 5.26 Å². The fourth-order valence-corrected chi connectivity index (χ4v) is 2.69. The fraction of sp³-hybridized carbons (Fsp3) is 0.0588. The highest BCUT2D eigenvalue weighted by atomic mass is 35.5. The number of carbonyl (C=O) groups is 1. The maximum Gasteiger partial charge on any atom is 0.256 e. The summed E-state index contributed by atoms with van der Waals surface area (Å²) in [5.74, 6) is 0.257. The summed E-state index contributed by atoms with van der Waals surface area (Å²) in [5, 5.41) is 12.5. The Balaban J connectivity index is 2.07. The van der Waals surface area contributed by atoms with Gasteiger partial charge in [-0.05, 0) is 36.4 Å². The molecule has 23 heavy (non-hydrogen) atoms. The first-order valence-corrected chi connectivity index (χ1v) is 7.46. The summed E-state index contributed by atoms with van der Waals surface area (Å²) in [7, 11) is 0. The van der Waals surface area contributed by atoms with Gasteiger partial charge in [-0.1, -0.05) is 29.3 Å². The molecular weight excluding hydrogens is 335 g/mol. The van der Waals surface area contributed by atoms with E-state index in [2.05, 4.69) is 5.32 Å². The number of ether oxygens (including phenoxy) is 1. The molecule has 114 valence electrons. The van der Waals surface area contributed by atoms with Crippen molar-refractivity contribution in [2.45, 2.75) is 0 Å². The molecule has 1 amide bonds. The SMILES string of the molecule is N#CCOc1ccc(Cl)cc1/C=C1/C(=O)Nc2cc(Cl)ccc21. The fourth-order valence-electron chi connectivity index (χ4n) is 2.34. The van der Waals surface area contributed by atoms with Crippen LogP contribution in [0.4, 0.5) is 5.69 Å². The second-order valence-corrected chi connectivity index (χ2v) is 5.70. The van der Waals surface area contributed by atoms with Gasteiger partial charge >= 0.3 is 0 Å². The molecule has 0 bridgehead atoms. The smallest absolute Gasteiger partial charge is 0.256 e. The molecule has 4 nitrogen and oxygen atoms in total. The summed E-state index contributed by atoms with van der Waals surface area (Å²) >= 11 is 12.0. The molecule has 0 atom stereocenters. The average Bonchev–Trinajstić information content (AvgIpc) is 2.81. The molecule has 0 fully saturated rings. The maximum atomic E-state index is 12.2. The molecule has 0 aliphatic carbocycles. The zero-order valence-electron chi connectivity index (χ0n) is 11.8. The van der Waals surface area contributed by atoms with Crippen LogP contribution in [0, 0.1) is 11.3 Å². The van der Waals surface area contributed by atoms with Gasteiger partial charge in [-0.3, -0.25) is 4.79 Å². The number of nitriles is 1. The van der Waals surface area contributed by atoms with Crippen molar-refractivity contribution >= 4 is 46.4 Å². The largest absolute Gasteiger partial charge is 0.478 e. The third-order valence-electron chi connectivity index (χ3n) is 3.33. The lowest BCUT2D eigenvalue weighted by Crippen LogP contribution is -2.04. The van der Waals surface area contributed by atoms with Gasteiger partial charge in [-0.25, -0.2) is 0 Å². The summed E-state index contributed by atoms with van der Waals surface area (Å²) in [5.41, 5.74) is 2.53. The molecule has 0 spiro atoms. The highest BCUT2D eigenvalue weighted by molar-refractivity contribution is 6.37. The molecule has 1 aliphatic heterocycles. The molecule has 1 heterocycles. The van der Waals surface area contributed by atoms with Crippen molar-refractivity contribution in [1.29, 1.82) is 5.26 Å². The molecular formula is C17H10Cl2N2O2. The van der Waals surface area contributed by atoms with E-state index >= 15 is 0 Å². The van der Waals surface area contributed by atoms with Crippen LogP contribution < -0.4 is 10.1 Å². The Morgan fingerprint density at radius 2 is 1.91 bits per heavy atom. The lowest BCUT2D eigenvalue weighted by Gasteiger charge is -2.07. The summed E-state index contributed by atoms with van der Waals surface area (Å²) in [6, 6.07) is 12.1. The van der Waals surface area contributed by atoms with Gasteiger partial charge in [0.15, 0.2) is 6.61 Å². The standard InChI is InChI=1S/C17H10Cl2N2O2/c18-11-2-4-16(23-6-5-20)10(7-11)8-14-13-3-1-12(19)9-15(13)21-17(14)22/h1-4,7-9H,6H2,(H,21,22)/b14-8+. The van der Waals surface area contributed by atoms with Crippen molar-refractivity contribution in [3.8, 4) is 11.8 Å². The number of hydrogen-bond donors (Lipinski definition) is 1. The summed E-state index contributed by atoms with van der Waals surface area (Å²) in [4.78, 5) is 12.2. The lowest BCUT2D eigenvalue weighted by atomic mass is 10.0. The first-order valence-electron chi connectivity index (χ1n) is 6.71. The number of fused-ring (bicyclic) bond motifs is 1. The second kappa shape index (κ2) is 6.33. The van der Waals surface area contributed by atoms with Crippen molar-refractivity contribution in [3.63, 3.8) is 0 Å². The number of rotatable bonds is 3. The minimum Gasteiger partial charge on any atom is -0.478 e. The van der Waals surface area contributed by atoms with Crippen LogP contribution in [-0.2, 0) is 4.79 Å². The zero-order chi connectivity index (χ0) is 16.4.